The molecule has 3 nitrogen and oxygen atoms in total. The van der Waals surface area contributed by atoms with E-state index in [1.807, 2.05) is 43.5 Å². The van der Waals surface area contributed by atoms with E-state index in [2.05, 4.69) is 13.0 Å². The molecule has 0 heterocycles. The Labute approximate surface area is 132 Å². The van der Waals surface area contributed by atoms with E-state index >= 15 is 0 Å². The summed E-state index contributed by atoms with van der Waals surface area (Å²) in [7, 11) is 0. The molecule has 118 valence electrons. The van der Waals surface area contributed by atoms with E-state index in [0.29, 0.717) is 31.7 Å². The van der Waals surface area contributed by atoms with E-state index in [9.17, 15) is 5.11 Å². The zero-order valence-corrected chi connectivity index (χ0v) is 13.9. The molecule has 0 aliphatic rings. The Bertz CT molecular complexity index is 406. The normalized spacial score (nSPS) is 15.0. The van der Waals surface area contributed by atoms with E-state index in [1.165, 1.54) is 0 Å². The lowest BCUT2D eigenvalue weighted by molar-refractivity contribution is 0.0448. The standard InChI is InChI=1S/C17H26O3S/c1-14(10-20-13-21-3)9-15(2)17(18)12-19-11-16-7-5-4-6-8-16/h4-9,14,17-18H,10-13H2,1-3H3/b15-9+/t14-,17+/m0/s1. The molecule has 0 aliphatic heterocycles. The van der Waals surface area contributed by atoms with Crippen LogP contribution in [0.4, 0.5) is 0 Å². The number of aliphatic hydroxyl groups excluding tert-OH is 1. The molecule has 0 aromatic heterocycles. The highest BCUT2D eigenvalue weighted by molar-refractivity contribution is 7.98. The molecule has 0 fully saturated rings. The third-order valence-electron chi connectivity index (χ3n) is 3.04. The minimum atomic E-state index is -0.559. The molecule has 1 N–H and O–H groups in total. The number of rotatable bonds is 10. The molecule has 1 rings (SSSR count). The Hall–Kier alpha value is -0.810. The van der Waals surface area contributed by atoms with Crippen molar-refractivity contribution in [2.75, 3.05) is 25.4 Å². The molecule has 2 atom stereocenters. The predicted octanol–water partition coefficient (Wildman–Crippen LogP) is 3.48. The van der Waals surface area contributed by atoms with E-state index < -0.39 is 6.10 Å². The Morgan fingerprint density at radius 3 is 2.62 bits per heavy atom. The van der Waals surface area contributed by atoms with Gasteiger partial charge in [0.05, 0.1) is 31.9 Å². The molecule has 0 aliphatic carbocycles. The Morgan fingerprint density at radius 2 is 1.95 bits per heavy atom. The Morgan fingerprint density at radius 1 is 1.24 bits per heavy atom. The number of hydrogen-bond donors (Lipinski definition) is 1. The molecular formula is C17H26O3S. The van der Waals surface area contributed by atoms with Crippen LogP contribution in [0.5, 0.6) is 0 Å². The molecule has 0 amide bonds. The minimum absolute atomic E-state index is 0.293. The van der Waals surface area contributed by atoms with Crippen molar-refractivity contribution in [3.8, 4) is 0 Å². The minimum Gasteiger partial charge on any atom is -0.386 e. The third-order valence-corrected chi connectivity index (χ3v) is 3.44. The van der Waals surface area contributed by atoms with Gasteiger partial charge in [0.15, 0.2) is 0 Å². The van der Waals surface area contributed by atoms with Crippen molar-refractivity contribution < 1.29 is 14.6 Å². The summed E-state index contributed by atoms with van der Waals surface area (Å²) in [5, 5.41) is 10.1. The van der Waals surface area contributed by atoms with Crippen LogP contribution in [0.15, 0.2) is 42.0 Å². The fourth-order valence-electron chi connectivity index (χ4n) is 1.92. The first kappa shape index (κ1) is 18.2. The van der Waals surface area contributed by atoms with Crippen LogP contribution in [-0.4, -0.2) is 36.6 Å². The summed E-state index contributed by atoms with van der Waals surface area (Å²) in [6, 6.07) is 9.97. The van der Waals surface area contributed by atoms with Crippen molar-refractivity contribution in [2.45, 2.75) is 26.6 Å². The van der Waals surface area contributed by atoms with Gasteiger partial charge in [-0.3, -0.25) is 0 Å². The molecule has 0 saturated carbocycles. The summed E-state index contributed by atoms with van der Waals surface area (Å²) in [5.41, 5.74) is 2.05. The lowest BCUT2D eigenvalue weighted by atomic mass is 10.1. The highest BCUT2D eigenvalue weighted by Gasteiger charge is 2.09. The summed E-state index contributed by atoms with van der Waals surface area (Å²) in [6.45, 7) is 5.53. The predicted molar refractivity (Wildman–Crippen MR) is 89.4 cm³/mol. The van der Waals surface area contributed by atoms with Crippen molar-refractivity contribution in [1.29, 1.82) is 0 Å². The van der Waals surface area contributed by atoms with Crippen molar-refractivity contribution in [1.82, 2.24) is 0 Å². The van der Waals surface area contributed by atoms with Gasteiger partial charge in [0.25, 0.3) is 0 Å². The molecule has 1 aromatic rings. The van der Waals surface area contributed by atoms with Gasteiger partial charge in [-0.25, -0.2) is 0 Å². The number of hydrogen-bond acceptors (Lipinski definition) is 4. The number of thioether (sulfide) groups is 1. The zero-order chi connectivity index (χ0) is 15.5. The maximum absolute atomic E-state index is 10.1. The van der Waals surface area contributed by atoms with Crippen LogP contribution in [-0.2, 0) is 16.1 Å². The summed E-state index contributed by atoms with van der Waals surface area (Å²) < 4.78 is 11.0. The van der Waals surface area contributed by atoms with Gasteiger partial charge in [-0.15, -0.1) is 11.8 Å². The van der Waals surface area contributed by atoms with E-state index in [1.54, 1.807) is 11.8 Å². The number of benzene rings is 1. The van der Waals surface area contributed by atoms with Crippen molar-refractivity contribution >= 4 is 11.8 Å². The Kier molecular flexibility index (Phi) is 9.42. The van der Waals surface area contributed by atoms with Crippen molar-refractivity contribution in [3.05, 3.63) is 47.5 Å². The average molecular weight is 310 g/mol. The van der Waals surface area contributed by atoms with Crippen molar-refractivity contribution in [3.63, 3.8) is 0 Å². The highest BCUT2D eigenvalue weighted by atomic mass is 32.2. The Balaban J connectivity index is 2.28. The first-order chi connectivity index (χ1) is 10.1. The smallest absolute Gasteiger partial charge is 0.0981 e. The average Bonchev–Trinajstić information content (AvgIpc) is 2.48. The van der Waals surface area contributed by atoms with Gasteiger partial charge in [0.2, 0.25) is 0 Å². The largest absolute Gasteiger partial charge is 0.386 e. The van der Waals surface area contributed by atoms with Gasteiger partial charge < -0.3 is 14.6 Å². The molecular weight excluding hydrogens is 284 g/mol. The molecule has 1 aromatic carbocycles. The first-order valence-electron chi connectivity index (χ1n) is 7.18. The summed E-state index contributed by atoms with van der Waals surface area (Å²) in [5.74, 6) is 1.00. The third kappa shape index (κ3) is 8.27. The number of ether oxygens (including phenoxy) is 2. The molecule has 4 heteroatoms. The topological polar surface area (TPSA) is 38.7 Å². The second-order valence-corrected chi connectivity index (χ2v) is 5.99. The fraction of sp³-hybridized carbons (Fsp3) is 0.529. The van der Waals surface area contributed by atoms with Crippen LogP contribution in [0.1, 0.15) is 19.4 Å². The van der Waals surface area contributed by atoms with Gasteiger partial charge in [0.1, 0.15) is 0 Å². The second kappa shape index (κ2) is 10.9. The lowest BCUT2D eigenvalue weighted by Gasteiger charge is -2.14. The summed E-state index contributed by atoms with van der Waals surface area (Å²) in [4.78, 5) is 0. The summed E-state index contributed by atoms with van der Waals surface area (Å²) >= 11 is 1.67. The molecule has 0 radical (unpaired) electrons. The highest BCUT2D eigenvalue weighted by Crippen LogP contribution is 2.10. The summed E-state index contributed by atoms with van der Waals surface area (Å²) in [6.07, 6.45) is 3.51. The van der Waals surface area contributed by atoms with Crippen LogP contribution in [0, 0.1) is 5.92 Å². The van der Waals surface area contributed by atoms with E-state index in [4.69, 9.17) is 9.47 Å². The van der Waals surface area contributed by atoms with Gasteiger partial charge in [-0.1, -0.05) is 43.3 Å². The fourth-order valence-corrected chi connectivity index (χ4v) is 2.18. The molecule has 0 unspecified atom stereocenters. The SMILES string of the molecule is CSCOC[C@@H](C)/C=C(\C)[C@H](O)COCc1ccccc1. The molecule has 21 heavy (non-hydrogen) atoms. The molecule has 0 saturated heterocycles. The maximum Gasteiger partial charge on any atom is 0.0981 e. The lowest BCUT2D eigenvalue weighted by Crippen LogP contribution is -2.17. The van der Waals surface area contributed by atoms with Gasteiger partial charge in [-0.2, -0.15) is 0 Å². The quantitative estimate of drug-likeness (QED) is 0.408. The van der Waals surface area contributed by atoms with Crippen LogP contribution in [0.2, 0.25) is 0 Å². The monoisotopic (exact) mass is 310 g/mol. The van der Waals surface area contributed by atoms with Crippen molar-refractivity contribution in [2.24, 2.45) is 5.92 Å². The van der Waals surface area contributed by atoms with Gasteiger partial charge in [0, 0.05) is 0 Å². The van der Waals surface area contributed by atoms with Crippen LogP contribution >= 0.6 is 11.8 Å². The van der Waals surface area contributed by atoms with E-state index in [-0.39, 0.29) is 0 Å². The van der Waals surface area contributed by atoms with Crippen LogP contribution in [0.25, 0.3) is 0 Å². The van der Waals surface area contributed by atoms with E-state index in [0.717, 1.165) is 11.1 Å². The van der Waals surface area contributed by atoms with Crippen LogP contribution in [0.3, 0.4) is 0 Å². The maximum atomic E-state index is 10.1. The van der Waals surface area contributed by atoms with Crippen LogP contribution < -0.4 is 0 Å². The zero-order valence-electron chi connectivity index (χ0n) is 13.1. The van der Waals surface area contributed by atoms with Gasteiger partial charge >= 0.3 is 0 Å². The van der Waals surface area contributed by atoms with Gasteiger partial charge in [-0.05, 0) is 30.2 Å². The number of aliphatic hydroxyl groups is 1. The molecule has 0 spiro atoms. The molecule has 0 bridgehead atoms. The first-order valence-corrected chi connectivity index (χ1v) is 8.57. The second-order valence-electron chi connectivity index (χ2n) is 5.18.